The summed E-state index contributed by atoms with van der Waals surface area (Å²) in [6.07, 6.45) is 6.20. The lowest BCUT2D eigenvalue weighted by Gasteiger charge is -2.15. The number of ketones is 1. The van der Waals surface area contributed by atoms with Crippen molar-refractivity contribution in [3.8, 4) is 11.3 Å². The lowest BCUT2D eigenvalue weighted by molar-refractivity contribution is 0.104. The third-order valence-electron chi connectivity index (χ3n) is 5.24. The van der Waals surface area contributed by atoms with E-state index in [1.807, 2.05) is 53.2 Å². The predicted octanol–water partition coefficient (Wildman–Crippen LogP) is 4.10. The van der Waals surface area contributed by atoms with E-state index in [1.165, 1.54) is 0 Å². The second-order valence-electron chi connectivity index (χ2n) is 6.90. The van der Waals surface area contributed by atoms with Crippen LogP contribution in [-0.2, 0) is 13.1 Å². The van der Waals surface area contributed by atoms with Gasteiger partial charge in [0.2, 0.25) is 0 Å². The zero-order valence-electron chi connectivity index (χ0n) is 14.9. The Morgan fingerprint density at radius 1 is 0.964 bits per heavy atom. The summed E-state index contributed by atoms with van der Waals surface area (Å²) in [6.45, 7) is 1.31. The molecule has 1 aliphatic carbocycles. The van der Waals surface area contributed by atoms with Gasteiger partial charge in [-0.15, -0.1) is 0 Å². The van der Waals surface area contributed by atoms with Gasteiger partial charge in [-0.25, -0.2) is 4.98 Å². The van der Waals surface area contributed by atoms with E-state index in [4.69, 9.17) is 0 Å². The normalized spacial score (nSPS) is 12.4. The van der Waals surface area contributed by atoms with E-state index in [9.17, 15) is 9.59 Å². The maximum atomic E-state index is 13.4. The van der Waals surface area contributed by atoms with Gasteiger partial charge in [-0.3, -0.25) is 9.59 Å². The number of carbonyl (C=O) groups is 1. The maximum Gasteiger partial charge on any atom is 0.258 e. The summed E-state index contributed by atoms with van der Waals surface area (Å²) in [6, 6.07) is 13.3. The lowest BCUT2D eigenvalue weighted by Crippen LogP contribution is -2.24. The van der Waals surface area contributed by atoms with E-state index in [-0.39, 0.29) is 11.3 Å². The van der Waals surface area contributed by atoms with Gasteiger partial charge in [0.25, 0.3) is 5.56 Å². The van der Waals surface area contributed by atoms with Crippen LogP contribution < -0.4 is 5.56 Å². The first-order chi connectivity index (χ1) is 13.6. The van der Waals surface area contributed by atoms with Crippen molar-refractivity contribution in [3.63, 3.8) is 0 Å². The molecule has 0 fully saturated rings. The average Bonchev–Trinajstić information content (AvgIpc) is 3.32. The first-order valence-electron chi connectivity index (χ1n) is 9.11. The Kier molecular flexibility index (Phi) is 4.16. The Hall–Kier alpha value is -2.74. The van der Waals surface area contributed by atoms with E-state index in [1.54, 1.807) is 17.1 Å². The third kappa shape index (κ3) is 2.63. The predicted molar refractivity (Wildman–Crippen MR) is 117 cm³/mol. The van der Waals surface area contributed by atoms with Gasteiger partial charge in [0.15, 0.2) is 5.78 Å². The molecule has 5 nitrogen and oxygen atoms in total. The highest BCUT2D eigenvalue weighted by molar-refractivity contribution is 14.1. The van der Waals surface area contributed by atoms with Gasteiger partial charge in [0.05, 0.1) is 17.6 Å². The molecule has 0 atom stereocenters. The van der Waals surface area contributed by atoms with Crippen molar-refractivity contribution in [2.45, 2.75) is 19.5 Å². The molecule has 0 radical (unpaired) electrons. The van der Waals surface area contributed by atoms with Crippen LogP contribution in [0.3, 0.4) is 0 Å². The molecule has 1 aliphatic rings. The number of halogens is 1. The summed E-state index contributed by atoms with van der Waals surface area (Å²) in [5.41, 5.74) is 2.89. The number of fused-ring (bicyclic) bond motifs is 5. The summed E-state index contributed by atoms with van der Waals surface area (Å²) in [7, 11) is 0. The summed E-state index contributed by atoms with van der Waals surface area (Å²) >= 11 is 2.20. The molecule has 0 unspecified atom stereocenters. The van der Waals surface area contributed by atoms with Gasteiger partial charge in [-0.1, -0.05) is 30.3 Å². The van der Waals surface area contributed by atoms with Gasteiger partial charge >= 0.3 is 0 Å². The molecule has 28 heavy (non-hydrogen) atoms. The largest absolute Gasteiger partial charge is 0.337 e. The Bertz CT molecular complexity index is 1290. The number of rotatable bonds is 4. The zero-order valence-corrected chi connectivity index (χ0v) is 17.1. The van der Waals surface area contributed by atoms with Crippen LogP contribution in [0.25, 0.3) is 22.0 Å². The van der Waals surface area contributed by atoms with Crippen molar-refractivity contribution in [3.05, 3.63) is 86.2 Å². The van der Waals surface area contributed by atoms with Crippen molar-refractivity contribution in [2.75, 3.05) is 0 Å². The van der Waals surface area contributed by atoms with Crippen LogP contribution in [0.5, 0.6) is 0 Å². The quantitative estimate of drug-likeness (QED) is 0.364. The lowest BCUT2D eigenvalue weighted by atomic mass is 10.0. The van der Waals surface area contributed by atoms with Gasteiger partial charge in [0.1, 0.15) is 0 Å². The van der Waals surface area contributed by atoms with Crippen LogP contribution in [0.15, 0.2) is 66.0 Å². The van der Waals surface area contributed by atoms with Crippen molar-refractivity contribution in [1.82, 2.24) is 14.1 Å². The first kappa shape index (κ1) is 17.4. The standard InChI is InChI=1S/C22H16IN3O2/c23-14-6-7-15-18(12-14)22(28)26(10-3-9-25-11-8-24-13-25)20-16-4-1-2-5-17(16)21(27)19(15)20/h1-2,4-8,11-13H,3,9-10H2. The molecule has 6 heteroatoms. The summed E-state index contributed by atoms with van der Waals surface area (Å²) in [5, 5.41) is 1.35. The third-order valence-corrected chi connectivity index (χ3v) is 5.92. The second kappa shape index (κ2) is 6.70. The number of hydrogen-bond donors (Lipinski definition) is 0. The smallest absolute Gasteiger partial charge is 0.258 e. The Balaban J connectivity index is 1.72. The molecule has 2 aromatic carbocycles. The van der Waals surface area contributed by atoms with Crippen LogP contribution in [-0.4, -0.2) is 19.9 Å². The fraction of sp³-hybridized carbons (Fsp3) is 0.136. The topological polar surface area (TPSA) is 56.9 Å². The van der Waals surface area contributed by atoms with Gasteiger partial charge in [-0.05, 0) is 41.1 Å². The minimum Gasteiger partial charge on any atom is -0.337 e. The van der Waals surface area contributed by atoms with Crippen LogP contribution >= 0.6 is 22.6 Å². The number of aromatic nitrogens is 3. The van der Waals surface area contributed by atoms with E-state index in [2.05, 4.69) is 27.6 Å². The fourth-order valence-corrected chi connectivity index (χ4v) is 4.49. The molecule has 0 bridgehead atoms. The van der Waals surface area contributed by atoms with Crippen LogP contribution in [0, 0.1) is 3.57 Å². The van der Waals surface area contributed by atoms with Crippen molar-refractivity contribution in [2.24, 2.45) is 0 Å². The van der Waals surface area contributed by atoms with Crippen molar-refractivity contribution >= 4 is 39.1 Å². The average molecular weight is 481 g/mol. The molecule has 0 saturated carbocycles. The number of carbonyl (C=O) groups excluding carboxylic acids is 1. The molecule has 0 amide bonds. The summed E-state index contributed by atoms with van der Waals surface area (Å²) in [4.78, 5) is 30.6. The van der Waals surface area contributed by atoms with Gasteiger partial charge in [-0.2, -0.15) is 0 Å². The molecule has 138 valence electrons. The maximum absolute atomic E-state index is 13.4. The number of imidazole rings is 1. The fourth-order valence-electron chi connectivity index (χ4n) is 4.00. The molecule has 5 rings (SSSR count). The highest BCUT2D eigenvalue weighted by Gasteiger charge is 2.32. The number of benzene rings is 2. The monoisotopic (exact) mass is 481 g/mol. The summed E-state index contributed by atoms with van der Waals surface area (Å²) < 4.78 is 4.76. The molecule has 2 heterocycles. The highest BCUT2D eigenvalue weighted by atomic mass is 127. The minimum atomic E-state index is -0.0394. The molecule has 0 N–H and O–H groups in total. The first-order valence-corrected chi connectivity index (χ1v) is 10.2. The number of hydrogen-bond acceptors (Lipinski definition) is 3. The molecular formula is C22H16IN3O2. The molecule has 4 aromatic rings. The van der Waals surface area contributed by atoms with Crippen LogP contribution in [0.1, 0.15) is 22.3 Å². The van der Waals surface area contributed by atoms with Gasteiger partial charge < -0.3 is 9.13 Å². The summed E-state index contributed by atoms with van der Waals surface area (Å²) in [5.74, 6) is 0.000155. The molecule has 0 saturated heterocycles. The van der Waals surface area contributed by atoms with E-state index < -0.39 is 0 Å². The van der Waals surface area contributed by atoms with E-state index in [0.29, 0.717) is 23.1 Å². The van der Waals surface area contributed by atoms with E-state index in [0.717, 1.165) is 33.2 Å². The second-order valence-corrected chi connectivity index (χ2v) is 8.14. The van der Waals surface area contributed by atoms with Crippen molar-refractivity contribution in [1.29, 1.82) is 0 Å². The SMILES string of the molecule is O=C1c2ccccc2-c2c1c1ccc(I)cc1c(=O)n2CCCn1ccnc1. The van der Waals surface area contributed by atoms with Crippen LogP contribution in [0.4, 0.5) is 0 Å². The number of aryl methyl sites for hydroxylation is 1. The molecular weight excluding hydrogens is 465 g/mol. The Morgan fingerprint density at radius 2 is 1.79 bits per heavy atom. The minimum absolute atomic E-state index is 0.000155. The molecule has 0 aliphatic heterocycles. The zero-order chi connectivity index (χ0) is 19.3. The highest BCUT2D eigenvalue weighted by Crippen LogP contribution is 2.39. The Labute approximate surface area is 174 Å². The van der Waals surface area contributed by atoms with E-state index >= 15 is 0 Å². The Morgan fingerprint density at radius 3 is 2.57 bits per heavy atom. The number of pyridine rings is 1. The molecule has 0 spiro atoms. The number of nitrogens with zero attached hydrogens (tertiary/aromatic N) is 3. The molecule has 2 aromatic heterocycles. The van der Waals surface area contributed by atoms with Gasteiger partial charge in [0, 0.05) is 51.0 Å². The van der Waals surface area contributed by atoms with Crippen LogP contribution in [0.2, 0.25) is 0 Å². The van der Waals surface area contributed by atoms with Crippen molar-refractivity contribution < 1.29 is 4.79 Å².